The number of aliphatic hydroxyl groups is 1. The Hall–Kier alpha value is -0.810. The minimum absolute atomic E-state index is 0.00909. The van der Waals surface area contributed by atoms with E-state index in [1.165, 1.54) is 0 Å². The molecule has 0 unspecified atom stereocenters. The first kappa shape index (κ1) is 16.2. The van der Waals surface area contributed by atoms with Gasteiger partial charge in [0.2, 0.25) is 0 Å². The Morgan fingerprint density at radius 1 is 1.32 bits per heavy atom. The number of rotatable bonds is 4. The van der Waals surface area contributed by atoms with Crippen molar-refractivity contribution in [1.29, 1.82) is 0 Å². The highest BCUT2D eigenvalue weighted by Gasteiger charge is 2.37. The molecule has 0 aromatic carbocycles. The maximum atomic E-state index is 11.9. The third kappa shape index (κ3) is 4.99. The minimum atomic E-state index is -0.478. The summed E-state index contributed by atoms with van der Waals surface area (Å²) in [6.45, 7) is 9.41. The van der Waals surface area contributed by atoms with Gasteiger partial charge >= 0.3 is 6.09 Å². The zero-order chi connectivity index (χ0) is 14.5. The van der Waals surface area contributed by atoms with Gasteiger partial charge in [-0.25, -0.2) is 4.79 Å². The Morgan fingerprint density at radius 2 is 1.89 bits per heavy atom. The summed E-state index contributed by atoms with van der Waals surface area (Å²) in [7, 11) is 0. The molecule has 1 fully saturated rings. The van der Waals surface area contributed by atoms with E-state index in [2.05, 4.69) is 0 Å². The molecule has 0 aromatic rings. The summed E-state index contributed by atoms with van der Waals surface area (Å²) in [4.78, 5) is 13.6. The van der Waals surface area contributed by atoms with Crippen LogP contribution in [0.1, 0.15) is 47.0 Å². The van der Waals surface area contributed by atoms with E-state index in [1.807, 2.05) is 27.7 Å². The van der Waals surface area contributed by atoms with Gasteiger partial charge in [0, 0.05) is 19.7 Å². The van der Waals surface area contributed by atoms with Gasteiger partial charge in [-0.05, 0) is 40.0 Å². The molecular weight excluding hydrogens is 246 g/mol. The van der Waals surface area contributed by atoms with Gasteiger partial charge in [0.25, 0.3) is 0 Å². The van der Waals surface area contributed by atoms with Crippen LogP contribution in [0.5, 0.6) is 0 Å². The van der Waals surface area contributed by atoms with E-state index in [0.29, 0.717) is 32.5 Å². The highest BCUT2D eigenvalue weighted by Crippen LogP contribution is 2.27. The summed E-state index contributed by atoms with van der Waals surface area (Å²) in [5.41, 5.74) is -0.949. The summed E-state index contributed by atoms with van der Waals surface area (Å²) in [6.07, 6.45) is 1.96. The van der Waals surface area contributed by atoms with E-state index in [9.17, 15) is 9.90 Å². The van der Waals surface area contributed by atoms with Crippen LogP contribution in [0.3, 0.4) is 0 Å². The molecule has 0 saturated carbocycles. The van der Waals surface area contributed by atoms with Crippen molar-refractivity contribution in [3.05, 3.63) is 0 Å². The molecule has 1 aliphatic heterocycles. The maximum Gasteiger partial charge on any atom is 0.410 e. The van der Waals surface area contributed by atoms with Gasteiger partial charge in [-0.2, -0.15) is 0 Å². The number of carbonyl (C=O) groups is 1. The van der Waals surface area contributed by atoms with Crippen molar-refractivity contribution >= 4 is 6.09 Å². The molecule has 0 radical (unpaired) electrons. The fourth-order valence-corrected chi connectivity index (χ4v) is 2.09. The van der Waals surface area contributed by atoms with Crippen LogP contribution in [0, 0.1) is 0 Å². The Balaban J connectivity index is 2.49. The Bertz CT molecular complexity index is 290. The number of carbonyl (C=O) groups excluding carboxylic acids is 1. The smallest absolute Gasteiger partial charge is 0.410 e. The molecule has 1 N–H and O–H groups in total. The number of hydrogen-bond donors (Lipinski definition) is 1. The molecule has 0 aliphatic carbocycles. The van der Waals surface area contributed by atoms with Crippen molar-refractivity contribution in [3.8, 4) is 0 Å². The van der Waals surface area contributed by atoms with Gasteiger partial charge in [-0.15, -0.1) is 0 Å². The summed E-state index contributed by atoms with van der Waals surface area (Å²) >= 11 is 0. The zero-order valence-corrected chi connectivity index (χ0v) is 12.6. The predicted molar refractivity (Wildman–Crippen MR) is 73.1 cm³/mol. The van der Waals surface area contributed by atoms with Crippen molar-refractivity contribution in [2.24, 2.45) is 0 Å². The lowest BCUT2D eigenvalue weighted by molar-refractivity contribution is -0.111. The van der Waals surface area contributed by atoms with Gasteiger partial charge < -0.3 is 19.5 Å². The molecule has 1 aliphatic rings. The largest absolute Gasteiger partial charge is 0.444 e. The Kier molecular flexibility index (Phi) is 5.62. The molecule has 0 bridgehead atoms. The van der Waals surface area contributed by atoms with Crippen LogP contribution in [0.15, 0.2) is 0 Å². The van der Waals surface area contributed by atoms with Crippen LogP contribution in [0.2, 0.25) is 0 Å². The number of aliphatic hydroxyl groups excluding tert-OH is 1. The molecule has 1 rings (SSSR count). The third-order valence-corrected chi connectivity index (χ3v) is 3.23. The molecule has 1 amide bonds. The van der Waals surface area contributed by atoms with Crippen LogP contribution in [-0.4, -0.2) is 53.6 Å². The minimum Gasteiger partial charge on any atom is -0.444 e. The number of amides is 1. The number of likely N-dealkylation sites (tertiary alicyclic amines) is 1. The molecule has 112 valence electrons. The average Bonchev–Trinajstić information content (AvgIpc) is 2.35. The van der Waals surface area contributed by atoms with Crippen molar-refractivity contribution in [2.75, 3.05) is 26.3 Å². The molecule has 5 heteroatoms. The Morgan fingerprint density at radius 3 is 2.32 bits per heavy atom. The normalized spacial score (nSPS) is 19.3. The van der Waals surface area contributed by atoms with E-state index in [1.54, 1.807) is 4.90 Å². The predicted octanol–water partition coefficient (Wildman–Crippen LogP) is 2.17. The molecular formula is C14H27NO4. The summed E-state index contributed by atoms with van der Waals surface area (Å²) < 4.78 is 11.1. The van der Waals surface area contributed by atoms with Gasteiger partial charge in [0.05, 0.1) is 12.2 Å². The quantitative estimate of drug-likeness (QED) is 0.853. The molecule has 1 heterocycles. The standard InChI is InChI=1S/C14H27NO4/c1-5-10-18-14(11-16)6-8-15(9-7-14)12(17)19-13(2,3)4/h16H,5-11H2,1-4H3. The SMILES string of the molecule is CCCOC1(CO)CCN(C(=O)OC(C)(C)C)CC1. The summed E-state index contributed by atoms with van der Waals surface area (Å²) in [6, 6.07) is 0. The van der Waals surface area contributed by atoms with Crippen molar-refractivity contribution in [3.63, 3.8) is 0 Å². The number of ether oxygens (including phenoxy) is 2. The van der Waals surface area contributed by atoms with Gasteiger partial charge in [-0.3, -0.25) is 0 Å². The lowest BCUT2D eigenvalue weighted by Crippen LogP contribution is -2.51. The first-order valence-corrected chi connectivity index (χ1v) is 7.05. The topological polar surface area (TPSA) is 59.0 Å². The van der Waals surface area contributed by atoms with E-state index < -0.39 is 11.2 Å². The lowest BCUT2D eigenvalue weighted by Gasteiger charge is -2.40. The van der Waals surface area contributed by atoms with Crippen LogP contribution in [0.4, 0.5) is 4.79 Å². The van der Waals surface area contributed by atoms with Crippen LogP contribution in [-0.2, 0) is 9.47 Å². The summed E-state index contributed by atoms with van der Waals surface area (Å²) in [5.74, 6) is 0. The number of hydrogen-bond acceptors (Lipinski definition) is 4. The highest BCUT2D eigenvalue weighted by molar-refractivity contribution is 5.68. The fourth-order valence-electron chi connectivity index (χ4n) is 2.09. The summed E-state index contributed by atoms with van der Waals surface area (Å²) in [5, 5.41) is 9.52. The highest BCUT2D eigenvalue weighted by atomic mass is 16.6. The maximum absolute atomic E-state index is 11.9. The second kappa shape index (κ2) is 6.57. The van der Waals surface area contributed by atoms with Gasteiger partial charge in [0.15, 0.2) is 0 Å². The molecule has 5 nitrogen and oxygen atoms in total. The van der Waals surface area contributed by atoms with E-state index in [4.69, 9.17) is 9.47 Å². The first-order chi connectivity index (χ1) is 8.82. The van der Waals surface area contributed by atoms with Crippen LogP contribution < -0.4 is 0 Å². The van der Waals surface area contributed by atoms with Crippen LogP contribution in [0.25, 0.3) is 0 Å². The monoisotopic (exact) mass is 273 g/mol. The number of nitrogens with zero attached hydrogens (tertiary/aromatic N) is 1. The Labute approximate surface area is 115 Å². The second-order valence-electron chi connectivity index (χ2n) is 6.16. The van der Waals surface area contributed by atoms with Crippen molar-refractivity contribution in [2.45, 2.75) is 58.2 Å². The number of piperidine rings is 1. The molecule has 19 heavy (non-hydrogen) atoms. The van der Waals surface area contributed by atoms with Crippen molar-refractivity contribution in [1.82, 2.24) is 4.90 Å². The molecule has 1 saturated heterocycles. The lowest BCUT2D eigenvalue weighted by atomic mass is 9.92. The average molecular weight is 273 g/mol. The van der Waals surface area contributed by atoms with E-state index in [0.717, 1.165) is 6.42 Å². The molecule has 0 aromatic heterocycles. The third-order valence-electron chi connectivity index (χ3n) is 3.23. The zero-order valence-electron chi connectivity index (χ0n) is 12.6. The fraction of sp³-hybridized carbons (Fsp3) is 0.929. The van der Waals surface area contributed by atoms with Crippen molar-refractivity contribution < 1.29 is 19.4 Å². The second-order valence-corrected chi connectivity index (χ2v) is 6.16. The van der Waals surface area contributed by atoms with E-state index >= 15 is 0 Å². The van der Waals surface area contributed by atoms with Gasteiger partial charge in [-0.1, -0.05) is 6.92 Å². The van der Waals surface area contributed by atoms with E-state index in [-0.39, 0.29) is 12.7 Å². The first-order valence-electron chi connectivity index (χ1n) is 7.05. The molecule has 0 spiro atoms. The van der Waals surface area contributed by atoms with Gasteiger partial charge in [0.1, 0.15) is 5.60 Å². The molecule has 0 atom stereocenters. The van der Waals surface area contributed by atoms with Crippen LogP contribution >= 0.6 is 0 Å².